The van der Waals surface area contributed by atoms with E-state index in [4.69, 9.17) is 15.2 Å². The van der Waals surface area contributed by atoms with Gasteiger partial charge in [0.25, 0.3) is 0 Å². The number of nitrogens with zero attached hydrogens (tertiary/aromatic N) is 1. The van der Waals surface area contributed by atoms with Crippen LogP contribution in [-0.4, -0.2) is 26.7 Å². The molecule has 0 atom stereocenters. The van der Waals surface area contributed by atoms with Crippen LogP contribution in [-0.2, 0) is 5.41 Å². The minimum absolute atomic E-state index is 0.00118. The summed E-state index contributed by atoms with van der Waals surface area (Å²) in [6.45, 7) is 0.655. The van der Waals surface area contributed by atoms with E-state index in [0.717, 1.165) is 30.0 Å². The fourth-order valence-electron chi connectivity index (χ4n) is 3.75. The fraction of sp³-hybridized carbons (Fsp3) is 0.381. The molecule has 0 saturated heterocycles. The zero-order valence-electron chi connectivity index (χ0n) is 15.5. The molecule has 138 valence electrons. The van der Waals surface area contributed by atoms with Crippen molar-refractivity contribution in [2.75, 3.05) is 26.1 Å². The molecule has 0 amide bonds. The molecule has 5 nitrogen and oxygen atoms in total. The molecule has 1 saturated carbocycles. The first kappa shape index (κ1) is 18.1. The van der Waals surface area contributed by atoms with Gasteiger partial charge in [-0.05, 0) is 43.2 Å². The molecule has 3 rings (SSSR count). The van der Waals surface area contributed by atoms with Gasteiger partial charge in [-0.25, -0.2) is 0 Å². The third-order valence-corrected chi connectivity index (χ3v) is 5.15. The highest BCUT2D eigenvalue weighted by Crippen LogP contribution is 2.44. The molecule has 1 aliphatic carbocycles. The zero-order valence-corrected chi connectivity index (χ0v) is 15.5. The number of ether oxygens (including phenoxy) is 2. The second-order valence-corrected chi connectivity index (χ2v) is 6.74. The van der Waals surface area contributed by atoms with E-state index in [9.17, 15) is 0 Å². The van der Waals surface area contributed by atoms with Gasteiger partial charge in [0.05, 0.1) is 20.8 Å². The van der Waals surface area contributed by atoms with Crippen molar-refractivity contribution in [1.29, 1.82) is 0 Å². The molecular weight excluding hydrogens is 326 g/mol. The SMILES string of the molecule is COc1ccc(NC(N)=NCC2(c3ccccc3OC)CCCC2)cc1. The summed E-state index contributed by atoms with van der Waals surface area (Å²) in [6.07, 6.45) is 4.62. The zero-order chi connectivity index (χ0) is 18.4. The molecule has 5 heteroatoms. The van der Waals surface area contributed by atoms with Crippen molar-refractivity contribution in [1.82, 2.24) is 0 Å². The Morgan fingerprint density at radius 2 is 1.73 bits per heavy atom. The number of anilines is 1. The second kappa shape index (κ2) is 8.13. The molecule has 1 aliphatic rings. The number of hydrogen-bond acceptors (Lipinski definition) is 3. The van der Waals surface area contributed by atoms with Gasteiger partial charge in [0.15, 0.2) is 5.96 Å². The van der Waals surface area contributed by atoms with Gasteiger partial charge in [0.2, 0.25) is 0 Å². The topological polar surface area (TPSA) is 68.9 Å². The smallest absolute Gasteiger partial charge is 0.193 e. The van der Waals surface area contributed by atoms with Crippen molar-refractivity contribution in [3.8, 4) is 11.5 Å². The summed E-state index contributed by atoms with van der Waals surface area (Å²) in [6, 6.07) is 15.9. The largest absolute Gasteiger partial charge is 0.497 e. The molecule has 0 aliphatic heterocycles. The average molecular weight is 353 g/mol. The molecule has 2 aromatic carbocycles. The van der Waals surface area contributed by atoms with E-state index in [2.05, 4.69) is 22.4 Å². The lowest BCUT2D eigenvalue weighted by molar-refractivity contribution is 0.378. The van der Waals surface area contributed by atoms with Crippen molar-refractivity contribution in [3.63, 3.8) is 0 Å². The molecule has 2 aromatic rings. The van der Waals surface area contributed by atoms with E-state index in [-0.39, 0.29) is 5.41 Å². The Bertz CT molecular complexity index is 750. The van der Waals surface area contributed by atoms with E-state index in [1.807, 2.05) is 36.4 Å². The minimum Gasteiger partial charge on any atom is -0.497 e. The monoisotopic (exact) mass is 353 g/mol. The second-order valence-electron chi connectivity index (χ2n) is 6.74. The maximum atomic E-state index is 6.14. The van der Waals surface area contributed by atoms with Crippen LogP contribution in [0.2, 0.25) is 0 Å². The number of nitrogens with one attached hydrogen (secondary N) is 1. The highest BCUT2D eigenvalue weighted by Gasteiger charge is 2.37. The first-order valence-corrected chi connectivity index (χ1v) is 9.01. The highest BCUT2D eigenvalue weighted by molar-refractivity contribution is 5.92. The Hall–Kier alpha value is -2.69. The molecule has 0 unspecified atom stereocenters. The number of nitrogens with two attached hydrogens (primary N) is 1. The van der Waals surface area contributed by atoms with Crippen molar-refractivity contribution in [3.05, 3.63) is 54.1 Å². The molecule has 0 radical (unpaired) electrons. The standard InChI is InChI=1S/C21H27N3O2/c1-25-17-11-9-16(10-12-17)24-20(22)23-15-21(13-5-6-14-21)18-7-3-4-8-19(18)26-2/h3-4,7-12H,5-6,13-15H2,1-2H3,(H3,22,23,24). The maximum Gasteiger partial charge on any atom is 0.193 e. The number of hydrogen-bond donors (Lipinski definition) is 2. The molecule has 0 aromatic heterocycles. The third-order valence-electron chi connectivity index (χ3n) is 5.15. The highest BCUT2D eigenvalue weighted by atomic mass is 16.5. The van der Waals surface area contributed by atoms with Crippen molar-refractivity contribution in [2.24, 2.45) is 10.7 Å². The minimum atomic E-state index is -0.00118. The summed E-state index contributed by atoms with van der Waals surface area (Å²) in [5.41, 5.74) is 8.27. The summed E-state index contributed by atoms with van der Waals surface area (Å²) in [5.74, 6) is 2.18. The Balaban J connectivity index is 1.76. The molecule has 26 heavy (non-hydrogen) atoms. The lowest BCUT2D eigenvalue weighted by atomic mass is 9.78. The summed E-state index contributed by atoms with van der Waals surface area (Å²) < 4.78 is 10.8. The molecular formula is C21H27N3O2. The molecule has 0 bridgehead atoms. The summed E-state index contributed by atoms with van der Waals surface area (Å²) >= 11 is 0. The number of para-hydroxylation sites is 1. The van der Waals surface area contributed by atoms with Gasteiger partial charge in [0.1, 0.15) is 11.5 Å². The van der Waals surface area contributed by atoms with Gasteiger partial charge in [0, 0.05) is 16.7 Å². The van der Waals surface area contributed by atoms with Crippen molar-refractivity contribution in [2.45, 2.75) is 31.1 Å². The van der Waals surface area contributed by atoms with E-state index in [1.165, 1.54) is 18.4 Å². The molecule has 3 N–H and O–H groups in total. The van der Waals surface area contributed by atoms with E-state index < -0.39 is 0 Å². The van der Waals surface area contributed by atoms with Crippen LogP contribution in [0.5, 0.6) is 11.5 Å². The maximum absolute atomic E-state index is 6.14. The van der Waals surface area contributed by atoms with Crippen LogP contribution in [0.1, 0.15) is 31.2 Å². The van der Waals surface area contributed by atoms with Gasteiger partial charge in [-0.2, -0.15) is 0 Å². The number of aliphatic imine (C=N–C) groups is 1. The lowest BCUT2D eigenvalue weighted by Gasteiger charge is -2.29. The van der Waals surface area contributed by atoms with Crippen molar-refractivity contribution < 1.29 is 9.47 Å². The van der Waals surface area contributed by atoms with Gasteiger partial charge < -0.3 is 20.5 Å². The first-order chi connectivity index (χ1) is 12.7. The van der Waals surface area contributed by atoms with Gasteiger partial charge in [-0.1, -0.05) is 31.0 Å². The number of guanidine groups is 1. The van der Waals surface area contributed by atoms with Crippen LogP contribution >= 0.6 is 0 Å². The van der Waals surface area contributed by atoms with Crippen LogP contribution in [0.3, 0.4) is 0 Å². The first-order valence-electron chi connectivity index (χ1n) is 9.01. The Morgan fingerprint density at radius 3 is 2.38 bits per heavy atom. The van der Waals surface area contributed by atoms with E-state index in [0.29, 0.717) is 12.5 Å². The van der Waals surface area contributed by atoms with Gasteiger partial charge in [-0.15, -0.1) is 0 Å². The van der Waals surface area contributed by atoms with Crippen LogP contribution < -0.4 is 20.5 Å². The Morgan fingerprint density at radius 1 is 1.04 bits per heavy atom. The number of rotatable bonds is 6. The quantitative estimate of drug-likeness (QED) is 0.610. The Labute approximate surface area is 155 Å². The summed E-state index contributed by atoms with van der Waals surface area (Å²) in [4.78, 5) is 4.66. The van der Waals surface area contributed by atoms with Gasteiger partial charge in [-0.3, -0.25) is 4.99 Å². The fourth-order valence-corrected chi connectivity index (χ4v) is 3.75. The Kier molecular flexibility index (Phi) is 5.66. The number of benzene rings is 2. The van der Waals surface area contributed by atoms with E-state index in [1.54, 1.807) is 14.2 Å². The predicted octanol–water partition coefficient (Wildman–Crippen LogP) is 3.94. The van der Waals surface area contributed by atoms with Crippen LogP contribution in [0.15, 0.2) is 53.5 Å². The van der Waals surface area contributed by atoms with Gasteiger partial charge >= 0.3 is 0 Å². The van der Waals surface area contributed by atoms with Crippen LogP contribution in [0.4, 0.5) is 5.69 Å². The van der Waals surface area contributed by atoms with Crippen LogP contribution in [0.25, 0.3) is 0 Å². The lowest BCUT2D eigenvalue weighted by Crippen LogP contribution is -2.30. The molecule has 1 fully saturated rings. The number of methoxy groups -OCH3 is 2. The van der Waals surface area contributed by atoms with Crippen LogP contribution in [0, 0.1) is 0 Å². The predicted molar refractivity (Wildman–Crippen MR) is 106 cm³/mol. The average Bonchev–Trinajstić information content (AvgIpc) is 3.17. The normalized spacial score (nSPS) is 16.3. The van der Waals surface area contributed by atoms with Crippen molar-refractivity contribution >= 4 is 11.6 Å². The molecule has 0 heterocycles. The third kappa shape index (κ3) is 3.93. The van der Waals surface area contributed by atoms with E-state index >= 15 is 0 Å². The summed E-state index contributed by atoms with van der Waals surface area (Å²) in [7, 11) is 3.38. The summed E-state index contributed by atoms with van der Waals surface area (Å²) in [5, 5.41) is 3.16. The molecule has 0 spiro atoms.